The third-order valence-corrected chi connectivity index (χ3v) is 4.14. The van der Waals surface area contributed by atoms with Gasteiger partial charge in [-0.1, -0.05) is 12.1 Å². The zero-order chi connectivity index (χ0) is 14.0. The summed E-state index contributed by atoms with van der Waals surface area (Å²) in [5, 5.41) is 3.96. The van der Waals surface area contributed by atoms with Gasteiger partial charge in [-0.3, -0.25) is 4.79 Å². The van der Waals surface area contributed by atoms with Gasteiger partial charge in [0, 0.05) is 4.47 Å². The maximum Gasteiger partial charge on any atom is 0.418 e. The minimum atomic E-state index is -4.50. The van der Waals surface area contributed by atoms with Crippen LogP contribution in [0.5, 0.6) is 0 Å². The van der Waals surface area contributed by atoms with Crippen LogP contribution in [0.2, 0.25) is 0 Å². The Morgan fingerprint density at radius 3 is 2.47 bits per heavy atom. The van der Waals surface area contributed by atoms with Crippen molar-refractivity contribution < 1.29 is 18.0 Å². The molecule has 0 aliphatic carbocycles. The Morgan fingerprint density at radius 2 is 1.89 bits per heavy atom. The number of anilines is 1. The lowest BCUT2D eigenvalue weighted by Crippen LogP contribution is -2.16. The van der Waals surface area contributed by atoms with E-state index in [0.717, 1.165) is 17.4 Å². The highest BCUT2D eigenvalue weighted by Gasteiger charge is 2.33. The van der Waals surface area contributed by atoms with Crippen molar-refractivity contribution >= 4 is 38.9 Å². The van der Waals surface area contributed by atoms with E-state index in [1.54, 1.807) is 11.4 Å². The Hall–Kier alpha value is -1.34. The van der Waals surface area contributed by atoms with Crippen molar-refractivity contribution in [3.05, 3.63) is 50.6 Å². The number of carbonyl (C=O) groups excluding carboxylic acids is 1. The molecule has 0 spiro atoms. The number of nitrogens with one attached hydrogen (secondary N) is 1. The normalized spacial score (nSPS) is 11.4. The molecule has 0 radical (unpaired) electrons. The van der Waals surface area contributed by atoms with Gasteiger partial charge < -0.3 is 5.32 Å². The molecule has 2 nitrogen and oxygen atoms in total. The quantitative estimate of drug-likeness (QED) is 0.830. The molecule has 1 heterocycles. The fourth-order valence-electron chi connectivity index (χ4n) is 1.47. The molecule has 0 aliphatic rings. The fourth-order valence-corrected chi connectivity index (χ4v) is 2.92. The summed E-state index contributed by atoms with van der Waals surface area (Å²) in [6.07, 6.45) is -4.50. The van der Waals surface area contributed by atoms with E-state index in [2.05, 4.69) is 21.2 Å². The van der Waals surface area contributed by atoms with Crippen molar-refractivity contribution in [3.63, 3.8) is 0 Å². The lowest BCUT2D eigenvalue weighted by Gasteiger charge is -2.13. The molecule has 0 atom stereocenters. The van der Waals surface area contributed by atoms with Gasteiger partial charge in [0.25, 0.3) is 5.91 Å². The topological polar surface area (TPSA) is 29.1 Å². The maximum atomic E-state index is 12.8. The van der Waals surface area contributed by atoms with Gasteiger partial charge >= 0.3 is 6.18 Å². The van der Waals surface area contributed by atoms with Crippen LogP contribution in [-0.2, 0) is 6.18 Å². The van der Waals surface area contributed by atoms with Crippen LogP contribution in [-0.4, -0.2) is 5.91 Å². The van der Waals surface area contributed by atoms with Crippen LogP contribution in [0.3, 0.4) is 0 Å². The summed E-state index contributed by atoms with van der Waals surface area (Å²) in [4.78, 5) is 12.2. The molecule has 0 saturated heterocycles. The summed E-state index contributed by atoms with van der Waals surface area (Å²) < 4.78 is 38.8. The first-order chi connectivity index (χ1) is 8.89. The van der Waals surface area contributed by atoms with Crippen molar-refractivity contribution in [2.45, 2.75) is 6.18 Å². The molecule has 19 heavy (non-hydrogen) atoms. The highest BCUT2D eigenvalue weighted by atomic mass is 79.9. The molecule has 0 fully saturated rings. The standard InChI is InChI=1S/C12H7BrF3NOS/c13-8-5-6-19-10(8)11(18)17-9-4-2-1-3-7(9)12(14,15)16/h1-6H,(H,17,18). The zero-order valence-corrected chi connectivity index (χ0v) is 11.7. The van der Waals surface area contributed by atoms with E-state index in [-0.39, 0.29) is 5.69 Å². The van der Waals surface area contributed by atoms with Crippen molar-refractivity contribution in [3.8, 4) is 0 Å². The highest BCUT2D eigenvalue weighted by Crippen LogP contribution is 2.35. The molecular formula is C12H7BrF3NOS. The van der Waals surface area contributed by atoms with Crippen LogP contribution in [0.15, 0.2) is 40.2 Å². The minimum absolute atomic E-state index is 0.250. The van der Waals surface area contributed by atoms with Gasteiger partial charge in [0.05, 0.1) is 11.3 Å². The molecule has 0 aliphatic heterocycles. The van der Waals surface area contributed by atoms with Crippen molar-refractivity contribution in [1.82, 2.24) is 0 Å². The Bertz CT molecular complexity index is 609. The number of carbonyl (C=O) groups is 1. The number of benzene rings is 1. The molecule has 2 rings (SSSR count). The van der Waals surface area contributed by atoms with Gasteiger partial charge in [-0.2, -0.15) is 13.2 Å². The number of hydrogen-bond acceptors (Lipinski definition) is 2. The van der Waals surface area contributed by atoms with Gasteiger partial charge in [0.2, 0.25) is 0 Å². The summed E-state index contributed by atoms with van der Waals surface area (Å²) in [6.45, 7) is 0. The second kappa shape index (κ2) is 5.34. The Labute approximate surface area is 119 Å². The molecule has 1 amide bonds. The van der Waals surface area contributed by atoms with Crippen LogP contribution in [0.1, 0.15) is 15.2 Å². The zero-order valence-electron chi connectivity index (χ0n) is 9.29. The van der Waals surface area contributed by atoms with E-state index in [0.29, 0.717) is 9.35 Å². The third kappa shape index (κ3) is 3.16. The molecule has 1 N–H and O–H groups in total. The second-order valence-electron chi connectivity index (χ2n) is 3.60. The summed E-state index contributed by atoms with van der Waals surface area (Å²) in [7, 11) is 0. The predicted octanol–water partition coefficient (Wildman–Crippen LogP) is 4.78. The summed E-state index contributed by atoms with van der Waals surface area (Å²) in [5.41, 5.74) is -1.11. The van der Waals surface area contributed by atoms with Crippen LogP contribution < -0.4 is 5.32 Å². The Kier molecular flexibility index (Phi) is 3.96. The van der Waals surface area contributed by atoms with E-state index in [4.69, 9.17) is 0 Å². The van der Waals surface area contributed by atoms with Gasteiger partial charge in [-0.15, -0.1) is 11.3 Å². The molecule has 0 saturated carbocycles. The number of thiophene rings is 1. The Morgan fingerprint density at radius 1 is 1.21 bits per heavy atom. The molecule has 1 aromatic carbocycles. The average molecular weight is 350 g/mol. The van der Waals surface area contributed by atoms with Crippen molar-refractivity contribution in [1.29, 1.82) is 0 Å². The van der Waals surface area contributed by atoms with Gasteiger partial charge in [0.15, 0.2) is 0 Å². The SMILES string of the molecule is O=C(Nc1ccccc1C(F)(F)F)c1sccc1Br. The number of rotatable bonds is 2. The molecule has 0 unspecified atom stereocenters. The first-order valence-corrected chi connectivity index (χ1v) is 6.77. The van der Waals surface area contributed by atoms with Crippen LogP contribution in [0, 0.1) is 0 Å². The van der Waals surface area contributed by atoms with Crippen LogP contribution in [0.4, 0.5) is 18.9 Å². The van der Waals surface area contributed by atoms with Gasteiger partial charge in [-0.05, 0) is 39.5 Å². The van der Waals surface area contributed by atoms with E-state index in [1.807, 2.05) is 0 Å². The monoisotopic (exact) mass is 349 g/mol. The highest BCUT2D eigenvalue weighted by molar-refractivity contribution is 9.10. The smallest absolute Gasteiger partial charge is 0.321 e. The molecule has 0 bridgehead atoms. The first kappa shape index (κ1) is 14.1. The fraction of sp³-hybridized carbons (Fsp3) is 0.0833. The molecule has 1 aromatic heterocycles. The lowest BCUT2D eigenvalue weighted by molar-refractivity contribution is -0.136. The van der Waals surface area contributed by atoms with Crippen LogP contribution in [0.25, 0.3) is 0 Å². The summed E-state index contributed by atoms with van der Waals surface area (Å²) >= 11 is 4.32. The Balaban J connectivity index is 2.30. The predicted molar refractivity (Wildman–Crippen MR) is 71.4 cm³/mol. The molecule has 100 valence electrons. The number of halogens is 4. The van der Waals surface area contributed by atoms with E-state index >= 15 is 0 Å². The summed E-state index contributed by atoms with van der Waals surface area (Å²) in [5.74, 6) is -0.571. The average Bonchev–Trinajstić information content (AvgIpc) is 2.75. The summed E-state index contributed by atoms with van der Waals surface area (Å²) in [6, 6.07) is 6.53. The minimum Gasteiger partial charge on any atom is -0.321 e. The third-order valence-electron chi connectivity index (χ3n) is 2.30. The number of amides is 1. The molecule has 2 aromatic rings. The number of alkyl halides is 3. The molecule has 7 heteroatoms. The molecular weight excluding hydrogens is 343 g/mol. The maximum absolute atomic E-state index is 12.8. The number of para-hydroxylation sites is 1. The van der Waals surface area contributed by atoms with Crippen molar-refractivity contribution in [2.75, 3.05) is 5.32 Å². The van der Waals surface area contributed by atoms with Crippen LogP contribution >= 0.6 is 27.3 Å². The van der Waals surface area contributed by atoms with Gasteiger partial charge in [-0.25, -0.2) is 0 Å². The van der Waals surface area contributed by atoms with E-state index < -0.39 is 17.6 Å². The van der Waals surface area contributed by atoms with Crippen molar-refractivity contribution in [2.24, 2.45) is 0 Å². The number of hydrogen-bond donors (Lipinski definition) is 1. The van der Waals surface area contributed by atoms with Gasteiger partial charge in [0.1, 0.15) is 4.88 Å². The van der Waals surface area contributed by atoms with E-state index in [1.165, 1.54) is 18.2 Å². The second-order valence-corrected chi connectivity index (χ2v) is 5.37. The largest absolute Gasteiger partial charge is 0.418 e. The first-order valence-electron chi connectivity index (χ1n) is 5.10. The van der Waals surface area contributed by atoms with E-state index in [9.17, 15) is 18.0 Å². The lowest BCUT2D eigenvalue weighted by atomic mass is 10.1.